The summed E-state index contributed by atoms with van der Waals surface area (Å²) in [5.74, 6) is -0.329. The monoisotopic (exact) mass is 354 g/mol. The van der Waals surface area contributed by atoms with Crippen molar-refractivity contribution in [3.05, 3.63) is 54.0 Å². The van der Waals surface area contributed by atoms with Gasteiger partial charge in [-0.25, -0.2) is 14.8 Å². The fourth-order valence-corrected chi connectivity index (χ4v) is 2.64. The summed E-state index contributed by atoms with van der Waals surface area (Å²) in [5.41, 5.74) is 1.87. The van der Waals surface area contributed by atoms with Crippen molar-refractivity contribution in [1.82, 2.24) is 14.9 Å². The Kier molecular flexibility index (Phi) is 5.23. The molecule has 0 aliphatic carbocycles. The Balaban J connectivity index is 1.83. The van der Waals surface area contributed by atoms with E-state index in [1.807, 2.05) is 12.1 Å². The molecular weight excluding hydrogens is 336 g/mol. The third-order valence-corrected chi connectivity index (χ3v) is 3.93. The maximum atomic E-state index is 12.5. The summed E-state index contributed by atoms with van der Waals surface area (Å²) in [7, 11) is 1.26. The van der Waals surface area contributed by atoms with Crippen molar-refractivity contribution < 1.29 is 19.4 Å². The molecule has 0 saturated heterocycles. The van der Waals surface area contributed by atoms with Gasteiger partial charge in [0.1, 0.15) is 5.70 Å². The van der Waals surface area contributed by atoms with E-state index in [1.165, 1.54) is 12.0 Å². The maximum Gasteiger partial charge on any atom is 0.337 e. The van der Waals surface area contributed by atoms with E-state index in [9.17, 15) is 9.59 Å². The lowest BCUT2D eigenvalue weighted by molar-refractivity contribution is -0.136. The summed E-state index contributed by atoms with van der Waals surface area (Å²) in [4.78, 5) is 34.2. The minimum absolute atomic E-state index is 0.102. The minimum atomic E-state index is -0.574. The van der Waals surface area contributed by atoms with E-state index < -0.39 is 5.97 Å². The number of carbonyl (C=O) groups excluding carboxylic acids is 2. The zero-order valence-electron chi connectivity index (χ0n) is 14.2. The van der Waals surface area contributed by atoms with Gasteiger partial charge in [0.05, 0.1) is 25.8 Å². The van der Waals surface area contributed by atoms with Crippen molar-refractivity contribution in [2.24, 2.45) is 0 Å². The minimum Gasteiger partial charge on any atom is -0.466 e. The number of ether oxygens (including phenoxy) is 1. The highest BCUT2D eigenvalue weighted by Gasteiger charge is 2.34. The summed E-state index contributed by atoms with van der Waals surface area (Å²) in [6, 6.07) is 8.93. The highest BCUT2D eigenvalue weighted by Crippen LogP contribution is 2.24. The number of carbonyl (C=O) groups is 2. The number of methoxy groups -OCH3 is 1. The first-order valence-electron chi connectivity index (χ1n) is 8.00. The predicted octanol–water partition coefficient (Wildman–Crippen LogP) is 0.817. The van der Waals surface area contributed by atoms with E-state index in [0.29, 0.717) is 11.5 Å². The van der Waals surface area contributed by atoms with Crippen LogP contribution in [0.3, 0.4) is 0 Å². The Bertz CT molecular complexity index is 834. The summed E-state index contributed by atoms with van der Waals surface area (Å²) >= 11 is 0. The van der Waals surface area contributed by atoms with E-state index in [2.05, 4.69) is 15.3 Å². The van der Waals surface area contributed by atoms with Crippen molar-refractivity contribution in [3.8, 4) is 11.4 Å². The molecule has 8 nitrogen and oxygen atoms in total. The van der Waals surface area contributed by atoms with Crippen molar-refractivity contribution in [2.75, 3.05) is 32.1 Å². The molecule has 3 rings (SSSR count). The van der Waals surface area contributed by atoms with Crippen LogP contribution in [0, 0.1) is 0 Å². The number of aromatic nitrogens is 2. The second-order valence-corrected chi connectivity index (χ2v) is 5.57. The van der Waals surface area contributed by atoms with Crippen LogP contribution in [0.1, 0.15) is 0 Å². The van der Waals surface area contributed by atoms with Crippen LogP contribution in [0.15, 0.2) is 54.0 Å². The van der Waals surface area contributed by atoms with Gasteiger partial charge in [-0.15, -0.1) is 0 Å². The normalized spacial score (nSPS) is 13.9. The first-order valence-corrected chi connectivity index (χ1v) is 8.00. The molecule has 1 aromatic heterocycles. The summed E-state index contributed by atoms with van der Waals surface area (Å²) in [6.45, 7) is 0.0678. The average Bonchev–Trinajstić information content (AvgIpc) is 2.99. The summed E-state index contributed by atoms with van der Waals surface area (Å²) in [5, 5.41) is 12.1. The number of esters is 1. The number of aliphatic hydroxyl groups is 1. The first kappa shape index (κ1) is 17.6. The molecule has 1 amide bonds. The topological polar surface area (TPSA) is 105 Å². The molecule has 0 fully saturated rings. The molecule has 0 bridgehead atoms. The van der Waals surface area contributed by atoms with Gasteiger partial charge in [-0.2, -0.15) is 0 Å². The molecular formula is C18H18N4O4. The fourth-order valence-electron chi connectivity index (χ4n) is 2.64. The number of nitrogens with zero attached hydrogens (tertiary/aromatic N) is 3. The molecule has 0 saturated carbocycles. The Hall–Kier alpha value is -3.26. The predicted molar refractivity (Wildman–Crippen MR) is 93.8 cm³/mol. The van der Waals surface area contributed by atoms with Crippen LogP contribution in [-0.4, -0.2) is 58.7 Å². The quantitative estimate of drug-likeness (QED) is 0.740. The van der Waals surface area contributed by atoms with Crippen molar-refractivity contribution >= 4 is 17.6 Å². The zero-order valence-corrected chi connectivity index (χ0v) is 14.2. The second-order valence-electron chi connectivity index (χ2n) is 5.57. The number of rotatable bonds is 6. The SMILES string of the molecule is COC(=O)C1=C(Nc2ccc(-c3ncccn3)cc2)C(=O)N(CCO)C1. The smallest absolute Gasteiger partial charge is 0.337 e. The molecule has 134 valence electrons. The third kappa shape index (κ3) is 3.55. The Morgan fingerprint density at radius 1 is 1.27 bits per heavy atom. The van der Waals surface area contributed by atoms with Crippen LogP contribution in [0.5, 0.6) is 0 Å². The lowest BCUT2D eigenvalue weighted by Crippen LogP contribution is -2.31. The van der Waals surface area contributed by atoms with Crippen molar-refractivity contribution in [2.45, 2.75) is 0 Å². The number of nitrogens with one attached hydrogen (secondary N) is 1. The van der Waals surface area contributed by atoms with Gasteiger partial charge in [-0.05, 0) is 30.3 Å². The molecule has 2 aromatic rings. The number of amides is 1. The Labute approximate surface area is 150 Å². The summed E-state index contributed by atoms with van der Waals surface area (Å²) < 4.78 is 4.76. The molecule has 1 aromatic carbocycles. The molecule has 0 atom stereocenters. The summed E-state index contributed by atoms with van der Waals surface area (Å²) in [6.07, 6.45) is 3.32. The van der Waals surface area contributed by atoms with Crippen LogP contribution < -0.4 is 5.32 Å². The molecule has 0 radical (unpaired) electrons. The lowest BCUT2D eigenvalue weighted by atomic mass is 10.1. The van der Waals surface area contributed by atoms with Crippen LogP contribution in [-0.2, 0) is 14.3 Å². The number of β-amino-alcohol motifs (C(OH)–C–C–N with tert-alkyl or cyclic N) is 1. The van der Waals surface area contributed by atoms with Crippen LogP contribution in [0.2, 0.25) is 0 Å². The molecule has 26 heavy (non-hydrogen) atoms. The second kappa shape index (κ2) is 7.75. The van der Waals surface area contributed by atoms with Gasteiger partial charge in [-0.1, -0.05) is 0 Å². The van der Waals surface area contributed by atoms with Gasteiger partial charge in [-0.3, -0.25) is 4.79 Å². The zero-order chi connectivity index (χ0) is 18.5. The van der Waals surface area contributed by atoms with E-state index in [-0.39, 0.29) is 36.9 Å². The van der Waals surface area contributed by atoms with E-state index >= 15 is 0 Å². The molecule has 8 heteroatoms. The average molecular weight is 354 g/mol. The molecule has 0 spiro atoms. The van der Waals surface area contributed by atoms with Gasteiger partial charge in [0.2, 0.25) is 0 Å². The van der Waals surface area contributed by atoms with E-state index in [4.69, 9.17) is 9.84 Å². The first-order chi connectivity index (χ1) is 12.6. The van der Waals surface area contributed by atoms with Gasteiger partial charge in [0.15, 0.2) is 5.82 Å². The van der Waals surface area contributed by atoms with Gasteiger partial charge >= 0.3 is 5.97 Å². The van der Waals surface area contributed by atoms with Crippen LogP contribution in [0.4, 0.5) is 5.69 Å². The third-order valence-electron chi connectivity index (χ3n) is 3.93. The molecule has 2 N–H and O–H groups in total. The van der Waals surface area contributed by atoms with Gasteiger partial charge in [0, 0.05) is 30.2 Å². The Morgan fingerprint density at radius 3 is 2.58 bits per heavy atom. The number of aliphatic hydroxyl groups excluding tert-OH is 1. The highest BCUT2D eigenvalue weighted by molar-refractivity contribution is 6.08. The highest BCUT2D eigenvalue weighted by atomic mass is 16.5. The van der Waals surface area contributed by atoms with Gasteiger partial charge in [0.25, 0.3) is 5.91 Å². The number of anilines is 1. The Morgan fingerprint density at radius 2 is 1.96 bits per heavy atom. The van der Waals surface area contributed by atoms with Crippen molar-refractivity contribution in [3.63, 3.8) is 0 Å². The maximum absolute atomic E-state index is 12.5. The van der Waals surface area contributed by atoms with E-state index in [0.717, 1.165) is 5.56 Å². The van der Waals surface area contributed by atoms with Crippen LogP contribution in [0.25, 0.3) is 11.4 Å². The number of hydrogen-bond acceptors (Lipinski definition) is 7. The van der Waals surface area contributed by atoms with Crippen molar-refractivity contribution in [1.29, 1.82) is 0 Å². The van der Waals surface area contributed by atoms with E-state index in [1.54, 1.807) is 30.6 Å². The molecule has 1 aliphatic rings. The van der Waals surface area contributed by atoms with Gasteiger partial charge < -0.3 is 20.1 Å². The molecule has 2 heterocycles. The lowest BCUT2D eigenvalue weighted by Gasteiger charge is -2.15. The fraction of sp³-hybridized carbons (Fsp3) is 0.222. The number of hydrogen-bond donors (Lipinski definition) is 2. The molecule has 1 aliphatic heterocycles. The van der Waals surface area contributed by atoms with Crippen LogP contribution >= 0.6 is 0 Å². The number of benzene rings is 1. The molecule has 0 unspecified atom stereocenters. The standard InChI is InChI=1S/C18H18N4O4/c1-26-18(25)14-11-22(9-10-23)17(24)15(14)21-13-5-3-12(4-6-13)16-19-7-2-8-20-16/h2-8,21,23H,9-11H2,1H3. The largest absolute Gasteiger partial charge is 0.466 e.